The third kappa shape index (κ3) is 4.15. The Balaban J connectivity index is 1.97. The van der Waals surface area contributed by atoms with Crippen molar-refractivity contribution in [2.45, 2.75) is 0 Å². The molecule has 0 atom stereocenters. The van der Waals surface area contributed by atoms with E-state index in [0.717, 1.165) is 0 Å². The van der Waals surface area contributed by atoms with Crippen LogP contribution in [-0.2, 0) is 9.59 Å². The van der Waals surface area contributed by atoms with Gasteiger partial charge in [-0.15, -0.1) is 0 Å². The van der Waals surface area contributed by atoms with E-state index in [1.54, 1.807) is 30.5 Å². The molecule has 0 spiro atoms. The van der Waals surface area contributed by atoms with E-state index in [1.807, 2.05) is 0 Å². The number of rotatable bonds is 6. The zero-order chi connectivity index (χ0) is 20.1. The molecule has 0 saturated carbocycles. The fourth-order valence-corrected chi connectivity index (χ4v) is 2.46. The van der Waals surface area contributed by atoms with Crippen molar-refractivity contribution >= 4 is 34.3 Å². The summed E-state index contributed by atoms with van der Waals surface area (Å²) in [7, 11) is 0. The van der Waals surface area contributed by atoms with Gasteiger partial charge in [-0.1, -0.05) is 6.58 Å². The third-order valence-corrected chi connectivity index (χ3v) is 3.75. The fourth-order valence-electron chi connectivity index (χ4n) is 2.46. The van der Waals surface area contributed by atoms with Crippen molar-refractivity contribution in [1.82, 2.24) is 20.3 Å². The van der Waals surface area contributed by atoms with Gasteiger partial charge in [-0.3, -0.25) is 19.4 Å². The van der Waals surface area contributed by atoms with Gasteiger partial charge in [0.1, 0.15) is 5.69 Å². The number of benzene rings is 1. The van der Waals surface area contributed by atoms with E-state index >= 15 is 0 Å². The van der Waals surface area contributed by atoms with Gasteiger partial charge in [0, 0.05) is 23.3 Å². The van der Waals surface area contributed by atoms with Crippen LogP contribution in [0.3, 0.4) is 0 Å². The molecule has 2 aromatic heterocycles. The molecule has 0 unspecified atom stereocenters. The van der Waals surface area contributed by atoms with E-state index in [-0.39, 0.29) is 18.1 Å². The predicted octanol–water partition coefficient (Wildman–Crippen LogP) is 1.03. The second kappa shape index (κ2) is 8.04. The maximum absolute atomic E-state index is 12.1. The van der Waals surface area contributed by atoms with Crippen LogP contribution >= 0.6 is 0 Å². The van der Waals surface area contributed by atoms with Crippen molar-refractivity contribution in [3.8, 4) is 11.4 Å². The molecule has 4 N–H and O–H groups in total. The van der Waals surface area contributed by atoms with Crippen LogP contribution in [0.15, 0.2) is 55.4 Å². The summed E-state index contributed by atoms with van der Waals surface area (Å²) >= 11 is 0. The maximum atomic E-state index is 12.1. The quantitative estimate of drug-likeness (QED) is 0.549. The van der Waals surface area contributed by atoms with Gasteiger partial charge in [-0.2, -0.15) is 0 Å². The molecule has 0 aliphatic rings. The van der Waals surface area contributed by atoms with Gasteiger partial charge in [0.05, 0.1) is 17.7 Å². The van der Waals surface area contributed by atoms with Crippen LogP contribution in [-0.4, -0.2) is 39.2 Å². The normalized spacial score (nSPS) is 10.3. The van der Waals surface area contributed by atoms with Crippen molar-refractivity contribution in [1.29, 1.82) is 0 Å². The molecule has 0 aliphatic carbocycles. The highest BCUT2D eigenvalue weighted by Gasteiger charge is 2.12. The number of nitrogens with two attached hydrogens (primary N) is 1. The molecule has 0 fully saturated rings. The Morgan fingerprint density at radius 1 is 1.11 bits per heavy atom. The monoisotopic (exact) mass is 376 g/mol. The van der Waals surface area contributed by atoms with Crippen molar-refractivity contribution in [3.63, 3.8) is 0 Å². The number of nitrogens with one attached hydrogen (secondary N) is 2. The summed E-state index contributed by atoms with van der Waals surface area (Å²) in [5.41, 5.74) is 6.97. The standard InChI is InChI=1S/C19H16N6O3/c1-2-17(27)24-14-5-7-21-13-4-3-11(9-12(13)14)18-22-8-6-15(25-18)19(28)23-10-16(20)26/h2-9H,1,10H2,(H2,20,26)(H,23,28)(H,21,24,27). The molecule has 9 heteroatoms. The first-order valence-corrected chi connectivity index (χ1v) is 8.20. The molecule has 28 heavy (non-hydrogen) atoms. The number of hydrogen-bond donors (Lipinski definition) is 3. The lowest BCUT2D eigenvalue weighted by atomic mass is 10.1. The first-order chi connectivity index (χ1) is 13.5. The Hall–Kier alpha value is -4.14. The summed E-state index contributed by atoms with van der Waals surface area (Å²) in [6, 6.07) is 8.38. The van der Waals surface area contributed by atoms with Crippen molar-refractivity contribution in [2.24, 2.45) is 5.73 Å². The van der Waals surface area contributed by atoms with Crippen LogP contribution in [0.4, 0.5) is 5.69 Å². The Morgan fingerprint density at radius 3 is 2.64 bits per heavy atom. The van der Waals surface area contributed by atoms with E-state index in [1.165, 1.54) is 18.3 Å². The molecule has 3 rings (SSSR count). The van der Waals surface area contributed by atoms with Gasteiger partial charge >= 0.3 is 0 Å². The van der Waals surface area contributed by atoms with Crippen LogP contribution in [0, 0.1) is 0 Å². The Morgan fingerprint density at radius 2 is 1.89 bits per heavy atom. The number of aromatic nitrogens is 3. The average Bonchev–Trinajstić information content (AvgIpc) is 2.71. The number of hydrogen-bond acceptors (Lipinski definition) is 6. The van der Waals surface area contributed by atoms with Gasteiger partial charge in [0.2, 0.25) is 11.8 Å². The lowest BCUT2D eigenvalue weighted by molar-refractivity contribution is -0.117. The van der Waals surface area contributed by atoms with Crippen LogP contribution in [0.2, 0.25) is 0 Å². The number of anilines is 1. The number of fused-ring (bicyclic) bond motifs is 1. The molecule has 3 amide bonds. The molecule has 2 heterocycles. The zero-order valence-electron chi connectivity index (χ0n) is 14.7. The summed E-state index contributed by atoms with van der Waals surface area (Å²) in [4.78, 5) is 47.2. The summed E-state index contributed by atoms with van der Waals surface area (Å²) in [5, 5.41) is 5.78. The minimum Gasteiger partial charge on any atom is -0.368 e. The van der Waals surface area contributed by atoms with E-state index in [0.29, 0.717) is 28.0 Å². The van der Waals surface area contributed by atoms with Crippen molar-refractivity contribution < 1.29 is 14.4 Å². The SMILES string of the molecule is C=CC(=O)Nc1ccnc2ccc(-c3nccc(C(=O)NCC(N)=O)n3)cc12. The summed E-state index contributed by atoms with van der Waals surface area (Å²) in [5.74, 6) is -1.23. The topological polar surface area (TPSA) is 140 Å². The highest BCUT2D eigenvalue weighted by molar-refractivity contribution is 6.05. The fraction of sp³-hybridized carbons (Fsp3) is 0.0526. The molecule has 3 aromatic rings. The minimum absolute atomic E-state index is 0.0951. The van der Waals surface area contributed by atoms with Crippen LogP contribution in [0.1, 0.15) is 10.5 Å². The van der Waals surface area contributed by atoms with E-state index in [9.17, 15) is 14.4 Å². The Bertz CT molecular complexity index is 1100. The number of primary amides is 1. The van der Waals surface area contributed by atoms with Gasteiger partial charge in [0.15, 0.2) is 5.82 Å². The van der Waals surface area contributed by atoms with Crippen molar-refractivity contribution in [3.05, 3.63) is 61.1 Å². The second-order valence-electron chi connectivity index (χ2n) is 5.70. The molecule has 1 aromatic carbocycles. The first kappa shape index (κ1) is 18.6. The summed E-state index contributed by atoms with van der Waals surface area (Å²) in [6.45, 7) is 3.15. The molecule has 140 valence electrons. The largest absolute Gasteiger partial charge is 0.368 e. The lowest BCUT2D eigenvalue weighted by Crippen LogP contribution is -2.33. The number of pyridine rings is 1. The molecule has 0 saturated heterocycles. The second-order valence-corrected chi connectivity index (χ2v) is 5.70. The Kier molecular flexibility index (Phi) is 5.35. The number of carbonyl (C=O) groups is 3. The van der Waals surface area contributed by atoms with Gasteiger partial charge in [0.25, 0.3) is 5.91 Å². The zero-order valence-corrected chi connectivity index (χ0v) is 14.7. The van der Waals surface area contributed by atoms with Gasteiger partial charge in [-0.05, 0) is 36.4 Å². The van der Waals surface area contributed by atoms with Gasteiger partial charge < -0.3 is 16.4 Å². The average molecular weight is 376 g/mol. The molecular weight excluding hydrogens is 360 g/mol. The molecule has 0 radical (unpaired) electrons. The predicted molar refractivity (Wildman–Crippen MR) is 103 cm³/mol. The Labute approximate surface area is 159 Å². The highest BCUT2D eigenvalue weighted by atomic mass is 16.2. The van der Waals surface area contributed by atoms with E-state index in [2.05, 4.69) is 32.2 Å². The van der Waals surface area contributed by atoms with Crippen LogP contribution in [0.5, 0.6) is 0 Å². The number of amides is 3. The highest BCUT2D eigenvalue weighted by Crippen LogP contribution is 2.26. The number of carbonyl (C=O) groups excluding carboxylic acids is 3. The van der Waals surface area contributed by atoms with Crippen LogP contribution < -0.4 is 16.4 Å². The maximum Gasteiger partial charge on any atom is 0.270 e. The molecule has 0 aliphatic heterocycles. The molecule has 0 bridgehead atoms. The smallest absolute Gasteiger partial charge is 0.270 e. The first-order valence-electron chi connectivity index (χ1n) is 8.20. The third-order valence-electron chi connectivity index (χ3n) is 3.75. The van der Waals surface area contributed by atoms with Crippen molar-refractivity contribution in [2.75, 3.05) is 11.9 Å². The van der Waals surface area contributed by atoms with Gasteiger partial charge in [-0.25, -0.2) is 9.97 Å². The van der Waals surface area contributed by atoms with Crippen LogP contribution in [0.25, 0.3) is 22.3 Å². The van der Waals surface area contributed by atoms with E-state index < -0.39 is 11.8 Å². The lowest BCUT2D eigenvalue weighted by Gasteiger charge is -2.09. The molecule has 9 nitrogen and oxygen atoms in total. The summed E-state index contributed by atoms with van der Waals surface area (Å²) < 4.78 is 0. The summed E-state index contributed by atoms with van der Waals surface area (Å²) in [6.07, 6.45) is 4.20. The molecular formula is C19H16N6O3. The number of nitrogens with zero attached hydrogens (tertiary/aromatic N) is 3. The minimum atomic E-state index is -0.654. The van der Waals surface area contributed by atoms with E-state index in [4.69, 9.17) is 5.73 Å².